The average molecular weight is 364 g/mol. The predicted molar refractivity (Wildman–Crippen MR) is 99.2 cm³/mol. The SMILES string of the molecule is N#CCC[C@@H]1CCCC/C1=N/NC(=O)CCSc1ccc(Cl)cc1. The molecule has 0 radical (unpaired) electrons. The monoisotopic (exact) mass is 363 g/mol. The Morgan fingerprint density at radius 3 is 2.92 bits per heavy atom. The highest BCUT2D eigenvalue weighted by Crippen LogP contribution is 2.25. The molecular weight excluding hydrogens is 342 g/mol. The van der Waals surface area contributed by atoms with E-state index in [1.165, 1.54) is 6.42 Å². The number of hydrogen-bond donors (Lipinski definition) is 1. The Morgan fingerprint density at radius 2 is 2.17 bits per heavy atom. The second kappa shape index (κ2) is 10.4. The minimum absolute atomic E-state index is 0.0615. The maximum Gasteiger partial charge on any atom is 0.240 e. The van der Waals surface area contributed by atoms with Crippen molar-refractivity contribution in [2.75, 3.05) is 5.75 Å². The Kier molecular flexibility index (Phi) is 8.14. The summed E-state index contributed by atoms with van der Waals surface area (Å²) >= 11 is 7.48. The second-order valence-corrected chi connectivity index (χ2v) is 7.43. The molecule has 0 aromatic heterocycles. The number of nitrogens with zero attached hydrogens (tertiary/aromatic N) is 2. The molecule has 1 aromatic rings. The molecule has 2 rings (SSSR count). The lowest BCUT2D eigenvalue weighted by atomic mass is 9.84. The summed E-state index contributed by atoms with van der Waals surface area (Å²) in [6.07, 6.45) is 6.11. The summed E-state index contributed by atoms with van der Waals surface area (Å²) in [6.45, 7) is 0. The number of hydrazone groups is 1. The zero-order valence-corrected chi connectivity index (χ0v) is 15.2. The van der Waals surface area contributed by atoms with Crippen LogP contribution in [0.25, 0.3) is 0 Å². The summed E-state index contributed by atoms with van der Waals surface area (Å²) in [5, 5.41) is 13.8. The van der Waals surface area contributed by atoms with E-state index >= 15 is 0 Å². The van der Waals surface area contributed by atoms with Gasteiger partial charge in [-0.25, -0.2) is 5.43 Å². The first-order valence-electron chi connectivity index (χ1n) is 8.29. The Hall–Kier alpha value is -1.51. The minimum atomic E-state index is -0.0615. The van der Waals surface area contributed by atoms with Crippen LogP contribution in [0.5, 0.6) is 0 Å². The van der Waals surface area contributed by atoms with Crippen molar-refractivity contribution in [1.29, 1.82) is 5.26 Å². The summed E-state index contributed by atoms with van der Waals surface area (Å²) in [5.74, 6) is 0.992. The molecule has 1 aliphatic carbocycles. The lowest BCUT2D eigenvalue weighted by Gasteiger charge is -2.23. The molecule has 0 bridgehead atoms. The number of hydrogen-bond acceptors (Lipinski definition) is 4. The van der Waals surface area contributed by atoms with E-state index in [9.17, 15) is 4.79 Å². The smallest absolute Gasteiger partial charge is 0.240 e. The van der Waals surface area contributed by atoms with Gasteiger partial charge >= 0.3 is 0 Å². The van der Waals surface area contributed by atoms with Crippen LogP contribution in [0.2, 0.25) is 5.02 Å². The van der Waals surface area contributed by atoms with E-state index in [4.69, 9.17) is 16.9 Å². The molecule has 0 saturated heterocycles. The Morgan fingerprint density at radius 1 is 1.38 bits per heavy atom. The first-order chi connectivity index (χ1) is 11.7. The number of rotatable bonds is 7. The minimum Gasteiger partial charge on any atom is -0.273 e. The third-order valence-electron chi connectivity index (χ3n) is 4.05. The molecule has 0 spiro atoms. The van der Waals surface area contributed by atoms with Crippen LogP contribution in [0.15, 0.2) is 34.3 Å². The first-order valence-corrected chi connectivity index (χ1v) is 9.66. The molecular formula is C18H22ClN3OS. The predicted octanol–water partition coefficient (Wildman–Crippen LogP) is 4.79. The number of amides is 1. The molecule has 6 heteroatoms. The topological polar surface area (TPSA) is 65.2 Å². The van der Waals surface area contributed by atoms with Crippen LogP contribution in [0, 0.1) is 17.2 Å². The van der Waals surface area contributed by atoms with Gasteiger partial charge in [-0.3, -0.25) is 4.79 Å². The molecule has 1 aliphatic rings. The molecule has 1 N–H and O–H groups in total. The highest BCUT2D eigenvalue weighted by atomic mass is 35.5. The summed E-state index contributed by atoms with van der Waals surface area (Å²) in [5.41, 5.74) is 3.74. The normalized spacial score (nSPS) is 19.0. The molecule has 4 nitrogen and oxygen atoms in total. The van der Waals surface area contributed by atoms with E-state index in [-0.39, 0.29) is 5.91 Å². The van der Waals surface area contributed by atoms with E-state index < -0.39 is 0 Å². The first kappa shape index (κ1) is 18.8. The molecule has 1 fully saturated rings. The zero-order chi connectivity index (χ0) is 17.2. The summed E-state index contributed by atoms with van der Waals surface area (Å²) in [4.78, 5) is 13.0. The molecule has 128 valence electrons. The maximum atomic E-state index is 11.9. The van der Waals surface area contributed by atoms with E-state index in [0.717, 1.165) is 36.3 Å². The number of nitriles is 1. The van der Waals surface area contributed by atoms with Gasteiger partial charge in [0, 0.05) is 40.1 Å². The molecule has 0 unspecified atom stereocenters. The van der Waals surface area contributed by atoms with Gasteiger partial charge in [-0.15, -0.1) is 11.8 Å². The van der Waals surface area contributed by atoms with Crippen molar-refractivity contribution in [2.45, 2.75) is 49.8 Å². The summed E-state index contributed by atoms with van der Waals surface area (Å²) in [7, 11) is 0. The second-order valence-electron chi connectivity index (χ2n) is 5.83. The number of carbonyl (C=O) groups excluding carboxylic acids is 1. The van der Waals surface area contributed by atoms with Gasteiger partial charge in [0.2, 0.25) is 5.91 Å². The van der Waals surface area contributed by atoms with Crippen LogP contribution in [0.4, 0.5) is 0 Å². The van der Waals surface area contributed by atoms with Crippen molar-refractivity contribution in [3.63, 3.8) is 0 Å². The lowest BCUT2D eigenvalue weighted by molar-refractivity contribution is -0.120. The van der Waals surface area contributed by atoms with Crippen LogP contribution in [-0.4, -0.2) is 17.4 Å². The number of halogens is 1. The Bertz CT molecular complexity index is 610. The van der Waals surface area contributed by atoms with Gasteiger partial charge in [0.15, 0.2) is 0 Å². The average Bonchev–Trinajstić information content (AvgIpc) is 2.60. The fourth-order valence-electron chi connectivity index (χ4n) is 2.75. The van der Waals surface area contributed by atoms with Crippen LogP contribution in [0.3, 0.4) is 0 Å². The molecule has 1 amide bonds. The molecule has 1 aromatic carbocycles. The molecule has 1 saturated carbocycles. The van der Waals surface area contributed by atoms with Gasteiger partial charge in [-0.2, -0.15) is 10.4 Å². The van der Waals surface area contributed by atoms with E-state index in [1.54, 1.807) is 11.8 Å². The van der Waals surface area contributed by atoms with Gasteiger partial charge in [-0.05, 0) is 49.9 Å². The fourth-order valence-corrected chi connectivity index (χ4v) is 3.72. The number of carbonyl (C=O) groups is 1. The standard InChI is InChI=1S/C18H22ClN3OS/c19-15-7-9-16(10-8-15)24-13-11-18(23)22-21-17-6-2-1-4-14(17)5-3-12-20/h7-10,14H,1-6,11,13H2,(H,22,23)/b21-17-/t14-/m0/s1. The Balaban J connectivity index is 1.74. The van der Waals surface area contributed by atoms with E-state index in [1.807, 2.05) is 24.3 Å². The highest BCUT2D eigenvalue weighted by Gasteiger charge is 2.20. The van der Waals surface area contributed by atoms with Gasteiger partial charge in [0.05, 0.1) is 6.07 Å². The number of thioether (sulfide) groups is 1. The van der Waals surface area contributed by atoms with Crippen molar-refractivity contribution in [3.8, 4) is 6.07 Å². The fraction of sp³-hybridized carbons (Fsp3) is 0.500. The zero-order valence-electron chi connectivity index (χ0n) is 13.6. The van der Waals surface area contributed by atoms with Crippen molar-refractivity contribution in [1.82, 2.24) is 5.43 Å². The quantitative estimate of drug-likeness (QED) is 0.559. The highest BCUT2D eigenvalue weighted by molar-refractivity contribution is 7.99. The number of nitrogens with one attached hydrogen (secondary N) is 1. The molecule has 0 heterocycles. The van der Waals surface area contributed by atoms with Crippen molar-refractivity contribution in [2.24, 2.45) is 11.0 Å². The summed E-state index contributed by atoms with van der Waals surface area (Å²) < 4.78 is 0. The number of benzene rings is 1. The molecule has 1 atom stereocenters. The van der Waals surface area contributed by atoms with Crippen molar-refractivity contribution < 1.29 is 4.79 Å². The van der Waals surface area contributed by atoms with Gasteiger partial charge in [0.25, 0.3) is 0 Å². The van der Waals surface area contributed by atoms with Gasteiger partial charge < -0.3 is 0 Å². The Labute approximate surface area is 152 Å². The largest absolute Gasteiger partial charge is 0.273 e. The molecule has 24 heavy (non-hydrogen) atoms. The van der Waals surface area contributed by atoms with Crippen LogP contribution < -0.4 is 5.43 Å². The van der Waals surface area contributed by atoms with E-state index in [0.29, 0.717) is 29.5 Å². The van der Waals surface area contributed by atoms with Crippen molar-refractivity contribution in [3.05, 3.63) is 29.3 Å². The van der Waals surface area contributed by atoms with Crippen LogP contribution in [-0.2, 0) is 4.79 Å². The third-order valence-corrected chi connectivity index (χ3v) is 5.31. The maximum absolute atomic E-state index is 11.9. The van der Waals surface area contributed by atoms with Gasteiger partial charge in [0.1, 0.15) is 0 Å². The van der Waals surface area contributed by atoms with Crippen molar-refractivity contribution >= 4 is 35.0 Å². The van der Waals surface area contributed by atoms with Gasteiger partial charge in [-0.1, -0.05) is 18.0 Å². The van der Waals surface area contributed by atoms with Crippen LogP contribution >= 0.6 is 23.4 Å². The lowest BCUT2D eigenvalue weighted by Crippen LogP contribution is -2.25. The third kappa shape index (κ3) is 6.54. The van der Waals surface area contributed by atoms with Crippen LogP contribution in [0.1, 0.15) is 44.9 Å². The molecule has 0 aliphatic heterocycles. The summed E-state index contributed by atoms with van der Waals surface area (Å²) in [6, 6.07) is 9.79. The van der Waals surface area contributed by atoms with E-state index in [2.05, 4.69) is 16.6 Å².